The molecule has 206 valence electrons. The Morgan fingerprint density at radius 3 is 2.27 bits per heavy atom. The molecule has 0 aromatic carbocycles. The molecule has 0 spiro atoms. The summed E-state index contributed by atoms with van der Waals surface area (Å²) in [5.41, 5.74) is -0.477. The smallest absolute Gasteiger partial charge is 0.306 e. The lowest BCUT2D eigenvalue weighted by Crippen LogP contribution is -2.60. The summed E-state index contributed by atoms with van der Waals surface area (Å²) in [5, 5.41) is 43.2. The molecule has 0 saturated heterocycles. The molecule has 0 aromatic rings. The summed E-state index contributed by atoms with van der Waals surface area (Å²) in [7, 11) is 0. The number of ketones is 2. The van der Waals surface area contributed by atoms with E-state index >= 15 is 0 Å². The average Bonchev–Trinajstić information content (AvgIpc) is 2.99. The van der Waals surface area contributed by atoms with Gasteiger partial charge in [0.15, 0.2) is 11.6 Å². The quantitative estimate of drug-likeness (QED) is 0.408. The van der Waals surface area contributed by atoms with E-state index in [1.54, 1.807) is 0 Å². The minimum atomic E-state index is -1.02. The number of rotatable bonds is 5. The van der Waals surface area contributed by atoms with Crippen molar-refractivity contribution in [3.63, 3.8) is 0 Å². The molecule has 2 saturated carbocycles. The maximum absolute atomic E-state index is 14.1. The van der Waals surface area contributed by atoms with E-state index in [0.29, 0.717) is 36.8 Å². The van der Waals surface area contributed by atoms with Crippen LogP contribution in [0.4, 0.5) is 0 Å². The lowest BCUT2D eigenvalue weighted by molar-refractivity contribution is -0.142. The van der Waals surface area contributed by atoms with E-state index in [0.717, 1.165) is 5.57 Å². The van der Waals surface area contributed by atoms with Crippen molar-refractivity contribution in [2.75, 3.05) is 0 Å². The second kappa shape index (κ2) is 8.85. The van der Waals surface area contributed by atoms with Crippen LogP contribution in [0.5, 0.6) is 0 Å². The Morgan fingerprint density at radius 2 is 1.68 bits per heavy atom. The van der Waals surface area contributed by atoms with Crippen LogP contribution >= 0.6 is 0 Å². The molecule has 0 aliphatic heterocycles. The van der Waals surface area contributed by atoms with Crippen LogP contribution in [0, 0.1) is 39.4 Å². The number of Topliss-reactive ketones (excluding diaryl/α,β-unsaturated/α-hetero) is 1. The number of hydrogen-bond donors (Lipinski definition) is 4. The third-order valence-corrected chi connectivity index (χ3v) is 11.4. The number of aliphatic hydroxyl groups is 3. The van der Waals surface area contributed by atoms with Crippen LogP contribution in [0.25, 0.3) is 0 Å². The van der Waals surface area contributed by atoms with Gasteiger partial charge in [-0.25, -0.2) is 0 Å². The van der Waals surface area contributed by atoms with Crippen molar-refractivity contribution in [2.45, 2.75) is 105 Å². The molecule has 9 atom stereocenters. The molecule has 2 fully saturated rings. The van der Waals surface area contributed by atoms with Crippen LogP contribution in [0.3, 0.4) is 0 Å². The molecular formula is C30H44O7. The Balaban J connectivity index is 1.79. The van der Waals surface area contributed by atoms with E-state index in [-0.39, 0.29) is 36.2 Å². The van der Waals surface area contributed by atoms with Gasteiger partial charge in [-0.3, -0.25) is 14.4 Å². The molecule has 0 bridgehead atoms. The summed E-state index contributed by atoms with van der Waals surface area (Å²) in [6.45, 7) is 13.4. The fourth-order valence-corrected chi connectivity index (χ4v) is 8.96. The highest BCUT2D eigenvalue weighted by Gasteiger charge is 2.69. The Morgan fingerprint density at radius 1 is 1.05 bits per heavy atom. The second-order valence-electron chi connectivity index (χ2n) is 13.7. The number of aliphatic hydroxyl groups excluding tert-OH is 3. The number of aliphatic carboxylic acids is 1. The maximum atomic E-state index is 14.1. The summed E-state index contributed by atoms with van der Waals surface area (Å²) >= 11 is 0. The summed E-state index contributed by atoms with van der Waals surface area (Å²) in [6, 6.07) is 0. The van der Waals surface area contributed by atoms with E-state index in [1.165, 1.54) is 13.0 Å². The summed E-state index contributed by atoms with van der Waals surface area (Å²) in [6.07, 6.45) is 1.39. The van der Waals surface area contributed by atoms with E-state index < -0.39 is 51.9 Å². The largest absolute Gasteiger partial charge is 0.481 e. The Labute approximate surface area is 220 Å². The van der Waals surface area contributed by atoms with E-state index in [4.69, 9.17) is 5.11 Å². The predicted octanol–water partition coefficient (Wildman–Crippen LogP) is 3.84. The zero-order chi connectivity index (χ0) is 27.9. The van der Waals surface area contributed by atoms with Crippen LogP contribution in [0.15, 0.2) is 22.8 Å². The lowest BCUT2D eigenvalue weighted by Gasteiger charge is -2.62. The Kier molecular flexibility index (Phi) is 6.74. The van der Waals surface area contributed by atoms with Crippen molar-refractivity contribution < 1.29 is 34.8 Å². The third-order valence-electron chi connectivity index (χ3n) is 11.4. The third kappa shape index (κ3) is 3.82. The van der Waals surface area contributed by atoms with Gasteiger partial charge >= 0.3 is 5.97 Å². The molecule has 4 rings (SSSR count). The first-order valence-electron chi connectivity index (χ1n) is 13.7. The minimum absolute atomic E-state index is 0.00820. The molecule has 7 nitrogen and oxygen atoms in total. The number of carbonyl (C=O) groups is 3. The van der Waals surface area contributed by atoms with Gasteiger partial charge < -0.3 is 20.4 Å². The van der Waals surface area contributed by atoms with Crippen LogP contribution in [-0.2, 0) is 14.4 Å². The molecule has 37 heavy (non-hydrogen) atoms. The van der Waals surface area contributed by atoms with Crippen molar-refractivity contribution in [3.05, 3.63) is 22.8 Å². The molecule has 0 radical (unpaired) electrons. The second-order valence-corrected chi connectivity index (χ2v) is 13.7. The van der Waals surface area contributed by atoms with E-state index in [2.05, 4.69) is 6.92 Å². The highest BCUT2D eigenvalue weighted by Crippen LogP contribution is 2.71. The van der Waals surface area contributed by atoms with Crippen molar-refractivity contribution in [3.8, 4) is 0 Å². The Bertz CT molecular complexity index is 1090. The fourth-order valence-electron chi connectivity index (χ4n) is 8.96. The number of carboxylic acid groups (broad SMARTS) is 1. The van der Waals surface area contributed by atoms with Gasteiger partial charge in [0.05, 0.1) is 24.2 Å². The summed E-state index contributed by atoms with van der Waals surface area (Å²) in [5.74, 6) is -2.44. The van der Waals surface area contributed by atoms with E-state index in [9.17, 15) is 29.7 Å². The van der Waals surface area contributed by atoms with Gasteiger partial charge in [-0.15, -0.1) is 0 Å². The van der Waals surface area contributed by atoms with Crippen LogP contribution in [0.2, 0.25) is 0 Å². The SMILES string of the molecule is C/C(=C\C(=O)CC(C)C(=O)O)C1C[C@H](O)C2(C)C3=C(C(=O)CC12C)C1(C)CC[C@H](O)C(C)(C)C1C[C@@H]3O. The molecule has 4 N–H and O–H groups in total. The molecule has 4 aliphatic rings. The molecule has 6 unspecified atom stereocenters. The van der Waals surface area contributed by atoms with Gasteiger partial charge in [0.25, 0.3) is 0 Å². The van der Waals surface area contributed by atoms with Crippen molar-refractivity contribution >= 4 is 17.5 Å². The number of allylic oxidation sites excluding steroid dienone is 3. The zero-order valence-corrected chi connectivity index (χ0v) is 23.3. The topological polar surface area (TPSA) is 132 Å². The monoisotopic (exact) mass is 516 g/mol. The van der Waals surface area contributed by atoms with Gasteiger partial charge in [-0.2, -0.15) is 0 Å². The van der Waals surface area contributed by atoms with Gasteiger partial charge in [-0.05, 0) is 72.3 Å². The first-order valence-corrected chi connectivity index (χ1v) is 13.7. The number of fused-ring (bicyclic) bond motifs is 4. The molecule has 0 amide bonds. The number of carboxylic acids is 1. The van der Waals surface area contributed by atoms with Crippen LogP contribution in [0.1, 0.15) is 87.0 Å². The summed E-state index contributed by atoms with van der Waals surface area (Å²) < 4.78 is 0. The minimum Gasteiger partial charge on any atom is -0.481 e. The first-order chi connectivity index (χ1) is 16.9. The highest BCUT2D eigenvalue weighted by molar-refractivity contribution is 6.00. The first kappa shape index (κ1) is 28.2. The average molecular weight is 517 g/mol. The van der Waals surface area contributed by atoms with Gasteiger partial charge in [0.2, 0.25) is 0 Å². The van der Waals surface area contributed by atoms with Crippen LogP contribution in [-0.4, -0.2) is 56.3 Å². The van der Waals surface area contributed by atoms with Crippen LogP contribution < -0.4 is 0 Å². The maximum Gasteiger partial charge on any atom is 0.306 e. The fraction of sp³-hybridized carbons (Fsp3) is 0.767. The lowest BCUT2D eigenvalue weighted by atomic mass is 9.42. The number of carbonyl (C=O) groups excluding carboxylic acids is 2. The van der Waals surface area contributed by atoms with Crippen molar-refractivity contribution in [1.82, 2.24) is 0 Å². The Hall–Kier alpha value is -1.83. The predicted molar refractivity (Wildman–Crippen MR) is 138 cm³/mol. The van der Waals surface area contributed by atoms with Gasteiger partial charge in [0, 0.05) is 23.8 Å². The molecule has 4 aliphatic carbocycles. The summed E-state index contributed by atoms with van der Waals surface area (Å²) in [4.78, 5) is 37.9. The molecule has 7 heteroatoms. The van der Waals surface area contributed by atoms with Crippen molar-refractivity contribution in [2.24, 2.45) is 39.4 Å². The zero-order valence-electron chi connectivity index (χ0n) is 23.3. The van der Waals surface area contributed by atoms with Gasteiger partial charge in [-0.1, -0.05) is 47.1 Å². The molecular weight excluding hydrogens is 472 g/mol. The van der Waals surface area contributed by atoms with Crippen molar-refractivity contribution in [1.29, 1.82) is 0 Å². The highest BCUT2D eigenvalue weighted by atomic mass is 16.4. The molecule has 0 aromatic heterocycles. The normalized spacial score (nSPS) is 44.1. The number of hydrogen-bond acceptors (Lipinski definition) is 6. The van der Waals surface area contributed by atoms with E-state index in [1.807, 2.05) is 34.6 Å². The van der Waals surface area contributed by atoms with Gasteiger partial charge in [0.1, 0.15) is 0 Å². The standard InChI is InChI=1S/C30H44O7/c1-15(10-17(31)11-16(2)26(36)37)18-12-23(35)30(7)25-19(32)13-21-27(3,4)22(34)8-9-28(21,5)24(25)20(33)14-29(18,30)6/h10,16,18-19,21-23,32,34-35H,8-9,11-14H2,1-7H3,(H,36,37)/b15-10+/t16?,18?,19-,21?,22-,23-,28?,29?,30?/m0/s1. The molecule has 0 heterocycles.